The number of hydrogen-bond donors (Lipinski definition) is 2. The first-order chi connectivity index (χ1) is 8.16. The van der Waals surface area contributed by atoms with Gasteiger partial charge in [-0.25, -0.2) is 0 Å². The maximum Gasteiger partial charge on any atom is 0.271 e. The lowest BCUT2D eigenvalue weighted by Crippen LogP contribution is -2.44. The van der Waals surface area contributed by atoms with Crippen LogP contribution >= 0.6 is 0 Å². The predicted octanol–water partition coefficient (Wildman–Crippen LogP) is 0.538. The van der Waals surface area contributed by atoms with Gasteiger partial charge in [0.1, 0.15) is 5.69 Å². The van der Waals surface area contributed by atoms with Gasteiger partial charge in [-0.3, -0.25) is 9.48 Å². The zero-order chi connectivity index (χ0) is 12.3. The van der Waals surface area contributed by atoms with Gasteiger partial charge in [0, 0.05) is 19.3 Å². The van der Waals surface area contributed by atoms with Gasteiger partial charge in [0.05, 0.1) is 0 Å². The van der Waals surface area contributed by atoms with Gasteiger partial charge in [-0.15, -0.1) is 0 Å². The molecule has 17 heavy (non-hydrogen) atoms. The van der Waals surface area contributed by atoms with Crippen molar-refractivity contribution in [1.29, 1.82) is 0 Å². The Hall–Kier alpha value is -1.36. The van der Waals surface area contributed by atoms with Gasteiger partial charge >= 0.3 is 0 Å². The summed E-state index contributed by atoms with van der Waals surface area (Å²) in [5.41, 5.74) is 0.489. The van der Waals surface area contributed by atoms with Gasteiger partial charge in [0.25, 0.3) is 5.91 Å². The van der Waals surface area contributed by atoms with Gasteiger partial charge in [-0.05, 0) is 44.8 Å². The van der Waals surface area contributed by atoms with Gasteiger partial charge in [0.15, 0.2) is 0 Å². The molecule has 0 saturated carbocycles. The lowest BCUT2D eigenvalue weighted by atomic mass is 9.93. The molecule has 0 bridgehead atoms. The Morgan fingerprint density at radius 1 is 1.71 bits per heavy atom. The van der Waals surface area contributed by atoms with Crippen LogP contribution in [0.4, 0.5) is 0 Å². The fraction of sp³-hybridized carbons (Fsp3) is 0.667. The average Bonchev–Trinajstić information content (AvgIpc) is 2.77. The van der Waals surface area contributed by atoms with E-state index in [2.05, 4.69) is 22.7 Å². The lowest BCUT2D eigenvalue weighted by molar-refractivity contribution is 0.0916. The van der Waals surface area contributed by atoms with Crippen LogP contribution in [0, 0.1) is 5.92 Å². The number of carbonyl (C=O) groups is 1. The molecule has 1 aliphatic heterocycles. The number of hydrogen-bond acceptors (Lipinski definition) is 3. The third kappa shape index (κ3) is 3.06. The molecular formula is C12H20N4O. The molecule has 0 aromatic carbocycles. The molecular weight excluding hydrogens is 216 g/mol. The average molecular weight is 236 g/mol. The first kappa shape index (κ1) is 12.1. The Labute approximate surface area is 102 Å². The summed E-state index contributed by atoms with van der Waals surface area (Å²) in [6, 6.07) is 1.93. The second kappa shape index (κ2) is 5.31. The van der Waals surface area contributed by atoms with Crippen molar-refractivity contribution in [2.24, 2.45) is 13.0 Å². The fourth-order valence-electron chi connectivity index (χ4n) is 2.24. The summed E-state index contributed by atoms with van der Waals surface area (Å²) in [5.74, 6) is 0.445. The summed E-state index contributed by atoms with van der Waals surface area (Å²) in [6.07, 6.45) is 4.15. The normalized spacial score (nSPS) is 22.1. The highest BCUT2D eigenvalue weighted by Gasteiger charge is 2.22. The van der Waals surface area contributed by atoms with E-state index in [0.29, 0.717) is 11.6 Å². The molecule has 2 unspecified atom stereocenters. The van der Waals surface area contributed by atoms with Crippen molar-refractivity contribution < 1.29 is 4.79 Å². The Kier molecular flexibility index (Phi) is 3.78. The molecule has 1 fully saturated rings. The molecule has 2 N–H and O–H groups in total. The predicted molar refractivity (Wildman–Crippen MR) is 65.7 cm³/mol. The Balaban J connectivity index is 1.89. The second-order valence-electron chi connectivity index (χ2n) is 4.74. The van der Waals surface area contributed by atoms with Crippen molar-refractivity contribution in [3.8, 4) is 0 Å². The molecule has 94 valence electrons. The number of rotatable bonds is 3. The van der Waals surface area contributed by atoms with Crippen molar-refractivity contribution in [3.63, 3.8) is 0 Å². The molecule has 2 rings (SSSR count). The highest BCUT2D eigenvalue weighted by molar-refractivity contribution is 5.92. The maximum atomic E-state index is 11.9. The van der Waals surface area contributed by atoms with Crippen LogP contribution in [-0.2, 0) is 7.05 Å². The van der Waals surface area contributed by atoms with Gasteiger partial charge < -0.3 is 10.6 Å². The van der Waals surface area contributed by atoms with Crippen LogP contribution < -0.4 is 10.6 Å². The minimum atomic E-state index is -0.0799. The van der Waals surface area contributed by atoms with Crippen LogP contribution in [0.2, 0.25) is 0 Å². The first-order valence-corrected chi connectivity index (χ1v) is 6.18. The van der Waals surface area contributed by atoms with E-state index >= 15 is 0 Å². The van der Waals surface area contributed by atoms with Gasteiger partial charge in [-0.2, -0.15) is 5.10 Å². The Bertz CT molecular complexity index is 382. The van der Waals surface area contributed by atoms with E-state index < -0.39 is 0 Å². The minimum absolute atomic E-state index is 0.0799. The lowest BCUT2D eigenvalue weighted by Gasteiger charge is -2.28. The van der Waals surface area contributed by atoms with E-state index in [1.54, 1.807) is 16.9 Å². The second-order valence-corrected chi connectivity index (χ2v) is 4.74. The molecule has 5 heteroatoms. The molecule has 5 nitrogen and oxygen atoms in total. The van der Waals surface area contributed by atoms with Crippen molar-refractivity contribution >= 4 is 5.91 Å². The largest absolute Gasteiger partial charge is 0.348 e. The van der Waals surface area contributed by atoms with Crippen LogP contribution in [-0.4, -0.2) is 34.8 Å². The molecule has 1 saturated heterocycles. The summed E-state index contributed by atoms with van der Waals surface area (Å²) >= 11 is 0. The number of nitrogens with zero attached hydrogens (tertiary/aromatic N) is 2. The standard InChI is InChI=1S/C12H20N4O/c1-9(10-4-3-6-13-8-10)14-12(17)11-5-7-16(2)15-11/h5,7,9-10,13H,3-4,6,8H2,1-2H3,(H,14,17). The summed E-state index contributed by atoms with van der Waals surface area (Å²) in [6.45, 7) is 4.15. The fourth-order valence-corrected chi connectivity index (χ4v) is 2.24. The molecule has 0 aliphatic carbocycles. The summed E-state index contributed by atoms with van der Waals surface area (Å²) in [4.78, 5) is 11.9. The van der Waals surface area contributed by atoms with E-state index in [0.717, 1.165) is 13.1 Å². The van der Waals surface area contributed by atoms with Crippen LogP contribution in [0.1, 0.15) is 30.3 Å². The molecule has 0 radical (unpaired) electrons. The number of amides is 1. The topological polar surface area (TPSA) is 59.0 Å². The molecule has 2 atom stereocenters. The van der Waals surface area contributed by atoms with Crippen LogP contribution in [0.25, 0.3) is 0 Å². The third-order valence-electron chi connectivity index (χ3n) is 3.35. The van der Waals surface area contributed by atoms with Crippen molar-refractivity contribution in [3.05, 3.63) is 18.0 Å². The quantitative estimate of drug-likeness (QED) is 0.805. The third-order valence-corrected chi connectivity index (χ3v) is 3.35. The molecule has 1 amide bonds. The van der Waals surface area contributed by atoms with Gasteiger partial charge in [0.2, 0.25) is 0 Å². The van der Waals surface area contributed by atoms with E-state index in [9.17, 15) is 4.79 Å². The number of carbonyl (C=O) groups excluding carboxylic acids is 1. The smallest absolute Gasteiger partial charge is 0.271 e. The maximum absolute atomic E-state index is 11.9. The van der Waals surface area contributed by atoms with Crippen LogP contribution in [0.3, 0.4) is 0 Å². The van der Waals surface area contributed by atoms with Crippen LogP contribution in [0.5, 0.6) is 0 Å². The number of aryl methyl sites for hydroxylation is 1. The van der Waals surface area contributed by atoms with Crippen molar-refractivity contribution in [1.82, 2.24) is 20.4 Å². The summed E-state index contributed by atoms with van der Waals surface area (Å²) < 4.78 is 1.64. The van der Waals surface area contributed by atoms with E-state index in [1.807, 2.05) is 7.05 Å². The first-order valence-electron chi connectivity index (χ1n) is 6.18. The molecule has 0 spiro atoms. The van der Waals surface area contributed by atoms with E-state index in [1.165, 1.54) is 12.8 Å². The number of aromatic nitrogens is 2. The zero-order valence-corrected chi connectivity index (χ0v) is 10.4. The summed E-state index contributed by atoms with van der Waals surface area (Å²) in [5, 5.41) is 10.5. The van der Waals surface area contributed by atoms with Gasteiger partial charge in [-0.1, -0.05) is 0 Å². The van der Waals surface area contributed by atoms with Crippen LogP contribution in [0.15, 0.2) is 12.3 Å². The van der Waals surface area contributed by atoms with Crippen molar-refractivity contribution in [2.45, 2.75) is 25.8 Å². The minimum Gasteiger partial charge on any atom is -0.348 e. The monoisotopic (exact) mass is 236 g/mol. The van der Waals surface area contributed by atoms with E-state index in [-0.39, 0.29) is 11.9 Å². The number of piperidine rings is 1. The molecule has 2 heterocycles. The summed E-state index contributed by atoms with van der Waals surface area (Å²) in [7, 11) is 1.81. The zero-order valence-electron chi connectivity index (χ0n) is 10.4. The van der Waals surface area contributed by atoms with E-state index in [4.69, 9.17) is 0 Å². The highest BCUT2D eigenvalue weighted by Crippen LogP contribution is 2.14. The Morgan fingerprint density at radius 2 is 2.53 bits per heavy atom. The highest BCUT2D eigenvalue weighted by atomic mass is 16.2. The molecule has 1 aromatic rings. The SMILES string of the molecule is CC(NC(=O)c1ccn(C)n1)C1CCCNC1. The Morgan fingerprint density at radius 3 is 3.12 bits per heavy atom. The number of nitrogens with one attached hydrogen (secondary N) is 2. The molecule has 1 aliphatic rings. The van der Waals surface area contributed by atoms with Crippen molar-refractivity contribution in [2.75, 3.05) is 13.1 Å². The molecule has 1 aromatic heterocycles.